The lowest BCUT2D eigenvalue weighted by atomic mass is 10.1. The minimum atomic E-state index is 0.129. The van der Waals surface area contributed by atoms with Crippen molar-refractivity contribution >= 4 is 41.6 Å². The predicted molar refractivity (Wildman–Crippen MR) is 152 cm³/mol. The van der Waals surface area contributed by atoms with Gasteiger partial charge in [-0.25, -0.2) is 0 Å². The number of fused-ring (bicyclic) bond motifs is 2. The zero-order chi connectivity index (χ0) is 26.2. The van der Waals surface area contributed by atoms with Gasteiger partial charge < -0.3 is 23.7 Å². The van der Waals surface area contributed by atoms with E-state index in [9.17, 15) is 5.11 Å². The summed E-state index contributed by atoms with van der Waals surface area (Å²) in [5.41, 5.74) is 9.67. The van der Waals surface area contributed by atoms with Gasteiger partial charge >= 0.3 is 0 Å². The van der Waals surface area contributed by atoms with E-state index in [0.717, 1.165) is 25.2 Å². The molecule has 9 heteroatoms. The van der Waals surface area contributed by atoms with E-state index >= 15 is 0 Å². The van der Waals surface area contributed by atoms with E-state index in [2.05, 4.69) is 51.8 Å². The van der Waals surface area contributed by atoms with Gasteiger partial charge in [-0.3, -0.25) is 9.99 Å². The first-order chi connectivity index (χ1) is 18.5. The van der Waals surface area contributed by atoms with Crippen LogP contribution in [-0.2, 0) is 26.1 Å². The molecule has 0 radical (unpaired) electrons. The molecule has 0 amide bonds. The van der Waals surface area contributed by atoms with Crippen molar-refractivity contribution in [1.29, 1.82) is 0 Å². The van der Waals surface area contributed by atoms with Crippen molar-refractivity contribution in [2.75, 3.05) is 16.9 Å². The molecule has 0 spiro atoms. The van der Waals surface area contributed by atoms with Crippen molar-refractivity contribution in [3.63, 3.8) is 0 Å². The van der Waals surface area contributed by atoms with E-state index < -0.39 is 0 Å². The number of hydrogen-bond donors (Lipinski definition) is 2. The Kier molecular flexibility index (Phi) is 6.29. The van der Waals surface area contributed by atoms with Gasteiger partial charge in [0, 0.05) is 50.1 Å². The van der Waals surface area contributed by atoms with Crippen LogP contribution in [0.5, 0.6) is 11.6 Å². The fourth-order valence-electron chi connectivity index (χ4n) is 5.06. The van der Waals surface area contributed by atoms with Crippen molar-refractivity contribution in [1.82, 2.24) is 9.13 Å². The van der Waals surface area contributed by atoms with Crippen LogP contribution in [0.4, 0.5) is 11.4 Å². The molecule has 0 aliphatic carbocycles. The smallest absolute Gasteiger partial charge is 0.240 e. The average Bonchev–Trinajstić information content (AvgIpc) is 3.65. The number of hydrazone groups is 1. The van der Waals surface area contributed by atoms with Gasteiger partial charge in [-0.15, -0.1) is 5.10 Å². The first kappa shape index (κ1) is 24.1. The molecule has 0 bridgehead atoms. The lowest BCUT2D eigenvalue weighted by Crippen LogP contribution is -2.19. The van der Waals surface area contributed by atoms with Crippen LogP contribution in [0, 0.1) is 4.77 Å². The SMILES string of the molecule is CCn1c(O)c(C=c2cc3c(o2)=CC(=NNc2ccc4c(c2)CCN4Cc2ccccc2)O3)n(CC)c1=S. The first-order valence-electron chi connectivity index (χ1n) is 12.8. The fraction of sp³-hybridized carbons (Fsp3) is 0.241. The first-order valence-corrected chi connectivity index (χ1v) is 13.2. The largest absolute Gasteiger partial charge is 0.493 e. The van der Waals surface area contributed by atoms with Crippen LogP contribution >= 0.6 is 12.2 Å². The van der Waals surface area contributed by atoms with E-state index in [-0.39, 0.29) is 5.88 Å². The highest BCUT2D eigenvalue weighted by Gasteiger charge is 2.20. The van der Waals surface area contributed by atoms with Crippen LogP contribution in [0.3, 0.4) is 0 Å². The summed E-state index contributed by atoms with van der Waals surface area (Å²) in [6, 6.07) is 18.7. The van der Waals surface area contributed by atoms with E-state index in [4.69, 9.17) is 21.4 Å². The van der Waals surface area contributed by atoms with E-state index in [1.807, 2.05) is 30.5 Å². The fourth-order valence-corrected chi connectivity index (χ4v) is 5.50. The molecule has 8 nitrogen and oxygen atoms in total. The standard InChI is InChI=1S/C29H29N5O3S/c1-3-33-24(28(35)34(4-2)29(33)38)15-22-16-25-26(36-22)17-27(37-25)31-30-21-10-11-23-20(14-21)12-13-32(23)18-19-8-6-5-7-9-19/h5-11,14-17,30,35H,3-4,12-13,18H2,1-2H3. The monoisotopic (exact) mass is 527 g/mol. The maximum absolute atomic E-state index is 10.6. The molecule has 0 saturated heterocycles. The number of ether oxygens (including phenoxy) is 1. The number of rotatable bonds is 7. The molecular weight excluding hydrogens is 498 g/mol. The molecular formula is C29H29N5O3S. The highest BCUT2D eigenvalue weighted by Crippen LogP contribution is 2.31. The molecule has 0 fully saturated rings. The molecule has 0 unspecified atom stereocenters. The molecule has 2 aliphatic heterocycles. The number of hydrogen-bond acceptors (Lipinski definition) is 7. The summed E-state index contributed by atoms with van der Waals surface area (Å²) in [4.78, 5) is 2.41. The van der Waals surface area contributed by atoms with Gasteiger partial charge in [-0.05, 0) is 61.8 Å². The highest BCUT2D eigenvalue weighted by molar-refractivity contribution is 7.71. The molecule has 2 aromatic heterocycles. The van der Waals surface area contributed by atoms with Gasteiger partial charge in [-0.2, -0.15) is 0 Å². The molecule has 4 heterocycles. The van der Waals surface area contributed by atoms with Gasteiger partial charge in [0.25, 0.3) is 0 Å². The molecule has 6 rings (SSSR count). The lowest BCUT2D eigenvalue weighted by Gasteiger charge is -2.19. The van der Waals surface area contributed by atoms with Crippen molar-refractivity contribution in [3.05, 3.63) is 87.0 Å². The normalized spacial score (nSPS) is 15.5. The Morgan fingerprint density at radius 3 is 2.66 bits per heavy atom. The Bertz CT molecular complexity index is 1720. The summed E-state index contributed by atoms with van der Waals surface area (Å²) in [5, 5.41) is 15.0. The number of nitrogens with zero attached hydrogens (tertiary/aromatic N) is 4. The van der Waals surface area contributed by atoms with Crippen molar-refractivity contribution < 1.29 is 14.3 Å². The quantitative estimate of drug-likeness (QED) is 0.275. The van der Waals surface area contributed by atoms with Gasteiger partial charge in [0.15, 0.2) is 15.9 Å². The van der Waals surface area contributed by atoms with Gasteiger partial charge in [-0.1, -0.05) is 30.3 Å². The van der Waals surface area contributed by atoms with Crippen LogP contribution in [0.2, 0.25) is 0 Å². The number of aromatic hydroxyl groups is 1. The van der Waals surface area contributed by atoms with Gasteiger partial charge in [0.05, 0.1) is 5.69 Å². The Morgan fingerprint density at radius 2 is 1.89 bits per heavy atom. The summed E-state index contributed by atoms with van der Waals surface area (Å²) < 4.78 is 16.0. The Labute approximate surface area is 225 Å². The summed E-state index contributed by atoms with van der Waals surface area (Å²) in [7, 11) is 0. The zero-order valence-electron chi connectivity index (χ0n) is 21.3. The number of imidazole rings is 1. The summed E-state index contributed by atoms with van der Waals surface area (Å²) >= 11 is 5.48. The van der Waals surface area contributed by atoms with E-state index in [0.29, 0.717) is 46.0 Å². The minimum Gasteiger partial charge on any atom is -0.493 e. The maximum Gasteiger partial charge on any atom is 0.240 e. The average molecular weight is 528 g/mol. The second-order valence-electron chi connectivity index (χ2n) is 9.31. The topological polar surface area (TPSA) is 80.1 Å². The van der Waals surface area contributed by atoms with Crippen LogP contribution in [0.1, 0.15) is 30.7 Å². The number of nitrogens with one attached hydrogen (secondary N) is 1. The number of aromatic nitrogens is 2. The summed E-state index contributed by atoms with van der Waals surface area (Å²) in [6.07, 6.45) is 4.53. The minimum absolute atomic E-state index is 0.129. The lowest BCUT2D eigenvalue weighted by molar-refractivity contribution is 0.419. The molecule has 38 heavy (non-hydrogen) atoms. The maximum atomic E-state index is 10.6. The molecule has 194 valence electrons. The van der Waals surface area contributed by atoms with E-state index in [1.165, 1.54) is 16.8 Å². The van der Waals surface area contributed by atoms with E-state index in [1.54, 1.807) is 22.8 Å². The number of benzene rings is 2. The van der Waals surface area contributed by atoms with Crippen molar-refractivity contribution in [2.24, 2.45) is 5.10 Å². The number of anilines is 2. The Balaban J connectivity index is 1.18. The third kappa shape index (κ3) is 4.39. The molecule has 0 atom stereocenters. The number of furan rings is 1. The van der Waals surface area contributed by atoms with Gasteiger partial charge in [0.1, 0.15) is 11.1 Å². The molecule has 2 N–H and O–H groups in total. The summed E-state index contributed by atoms with van der Waals surface area (Å²) in [5.74, 6) is 1.14. The van der Waals surface area contributed by atoms with Crippen LogP contribution in [0.15, 0.2) is 64.1 Å². The molecule has 0 saturated carbocycles. The molecule has 2 aliphatic rings. The Morgan fingerprint density at radius 1 is 1.08 bits per heavy atom. The molecule has 2 aromatic carbocycles. The van der Waals surface area contributed by atoms with Crippen LogP contribution < -0.4 is 25.9 Å². The second-order valence-corrected chi connectivity index (χ2v) is 9.68. The van der Waals surface area contributed by atoms with Gasteiger partial charge in [0.2, 0.25) is 11.8 Å². The molecule has 4 aromatic rings. The Hall–Kier alpha value is -4.24. The van der Waals surface area contributed by atoms with Crippen LogP contribution in [0.25, 0.3) is 12.2 Å². The summed E-state index contributed by atoms with van der Waals surface area (Å²) in [6.45, 7) is 7.08. The third-order valence-electron chi connectivity index (χ3n) is 6.94. The van der Waals surface area contributed by atoms with Crippen LogP contribution in [-0.4, -0.2) is 26.7 Å². The zero-order valence-corrected chi connectivity index (χ0v) is 22.2. The highest BCUT2D eigenvalue weighted by atomic mass is 32.1. The predicted octanol–water partition coefficient (Wildman–Crippen LogP) is 4.35. The van der Waals surface area contributed by atoms with Crippen molar-refractivity contribution in [3.8, 4) is 11.6 Å². The third-order valence-corrected chi connectivity index (χ3v) is 7.39. The second kappa shape index (κ2) is 9.90. The van der Waals surface area contributed by atoms with Crippen molar-refractivity contribution in [2.45, 2.75) is 39.9 Å².